The molecule has 7 nitrogen and oxygen atoms in total. The van der Waals surface area contributed by atoms with Crippen molar-refractivity contribution in [2.45, 2.75) is 36.4 Å². The fraction of sp³-hybridized carbons (Fsp3) is 0.269. The highest BCUT2D eigenvalue weighted by atomic mass is 32.2. The minimum atomic E-state index is 0.175. The largest absolute Gasteiger partial charge is 0.497 e. The van der Waals surface area contributed by atoms with Crippen LogP contribution in [0.4, 0.5) is 0 Å². The van der Waals surface area contributed by atoms with Crippen LogP contribution in [-0.2, 0) is 17.0 Å². The minimum Gasteiger partial charge on any atom is -0.497 e. The summed E-state index contributed by atoms with van der Waals surface area (Å²) in [7, 11) is 1.67. The fourth-order valence-corrected chi connectivity index (χ4v) is 4.84. The van der Waals surface area contributed by atoms with Crippen molar-refractivity contribution in [1.29, 1.82) is 0 Å². The fourth-order valence-electron chi connectivity index (χ4n) is 3.91. The lowest BCUT2D eigenvalue weighted by Gasteiger charge is -2.15. The Kier molecular flexibility index (Phi) is 7.07. The minimum absolute atomic E-state index is 0.175. The summed E-state index contributed by atoms with van der Waals surface area (Å²) in [4.78, 5) is 4.14. The average molecular weight is 475 g/mol. The first-order valence-corrected chi connectivity index (χ1v) is 12.3. The summed E-state index contributed by atoms with van der Waals surface area (Å²) in [5, 5.41) is 9.95. The van der Waals surface area contributed by atoms with Crippen molar-refractivity contribution >= 4 is 11.8 Å². The van der Waals surface area contributed by atoms with Crippen molar-refractivity contribution in [3.63, 3.8) is 0 Å². The zero-order chi connectivity index (χ0) is 23.2. The van der Waals surface area contributed by atoms with E-state index in [0.717, 1.165) is 59.6 Å². The first-order chi connectivity index (χ1) is 16.8. The molecule has 1 unspecified atom stereocenters. The second kappa shape index (κ2) is 10.7. The van der Waals surface area contributed by atoms with E-state index in [1.165, 1.54) is 0 Å². The maximum atomic E-state index is 6.08. The molecule has 0 spiro atoms. The third-order valence-corrected chi connectivity index (χ3v) is 6.68. The molecule has 0 N–H and O–H groups in total. The van der Waals surface area contributed by atoms with Crippen LogP contribution in [0.25, 0.3) is 11.4 Å². The van der Waals surface area contributed by atoms with Gasteiger partial charge in [-0.05, 0) is 55.3 Å². The van der Waals surface area contributed by atoms with Gasteiger partial charge in [-0.15, -0.1) is 10.2 Å². The zero-order valence-corrected chi connectivity index (χ0v) is 19.8. The molecule has 0 radical (unpaired) electrons. The van der Waals surface area contributed by atoms with E-state index < -0.39 is 0 Å². The Bertz CT molecular complexity index is 1210. The summed E-state index contributed by atoms with van der Waals surface area (Å²) in [6.45, 7) is 1.54. The quantitative estimate of drug-likeness (QED) is 0.292. The smallest absolute Gasteiger partial charge is 0.191 e. The van der Waals surface area contributed by atoms with Gasteiger partial charge in [0.15, 0.2) is 11.0 Å². The van der Waals surface area contributed by atoms with Gasteiger partial charge in [-0.3, -0.25) is 9.55 Å². The molecule has 5 rings (SSSR count). The first-order valence-electron chi connectivity index (χ1n) is 11.3. The number of methoxy groups -OCH3 is 1. The van der Waals surface area contributed by atoms with Crippen LogP contribution in [0.2, 0.25) is 0 Å². The van der Waals surface area contributed by atoms with Gasteiger partial charge in [0.25, 0.3) is 0 Å². The Morgan fingerprint density at radius 1 is 1.03 bits per heavy atom. The molecule has 1 fully saturated rings. The van der Waals surface area contributed by atoms with Gasteiger partial charge in [-0.2, -0.15) is 0 Å². The Hall–Kier alpha value is -3.36. The number of para-hydroxylation sites is 1. The predicted octanol–water partition coefficient (Wildman–Crippen LogP) is 5.61. The van der Waals surface area contributed by atoms with Gasteiger partial charge in [0, 0.05) is 29.7 Å². The van der Waals surface area contributed by atoms with Gasteiger partial charge < -0.3 is 14.2 Å². The van der Waals surface area contributed by atoms with Crippen molar-refractivity contribution in [2.75, 3.05) is 13.7 Å². The highest BCUT2D eigenvalue weighted by Gasteiger charge is 2.22. The van der Waals surface area contributed by atoms with Crippen LogP contribution < -0.4 is 9.47 Å². The van der Waals surface area contributed by atoms with E-state index in [1.54, 1.807) is 31.3 Å². The maximum Gasteiger partial charge on any atom is 0.191 e. The molecule has 1 atom stereocenters. The van der Waals surface area contributed by atoms with Crippen LogP contribution in [0, 0.1) is 0 Å². The predicted molar refractivity (Wildman–Crippen MR) is 131 cm³/mol. The first kappa shape index (κ1) is 22.4. The summed E-state index contributed by atoms with van der Waals surface area (Å²) in [6, 6.07) is 19.7. The number of benzene rings is 2. The van der Waals surface area contributed by atoms with Crippen LogP contribution in [0.1, 0.15) is 18.4 Å². The van der Waals surface area contributed by atoms with Crippen molar-refractivity contribution < 1.29 is 14.2 Å². The summed E-state index contributed by atoms with van der Waals surface area (Å²) in [6.07, 6.45) is 5.76. The Balaban J connectivity index is 1.39. The van der Waals surface area contributed by atoms with Crippen molar-refractivity contribution in [3.05, 3.63) is 78.6 Å². The van der Waals surface area contributed by atoms with E-state index in [9.17, 15) is 0 Å². The van der Waals surface area contributed by atoms with Crippen molar-refractivity contribution in [2.24, 2.45) is 0 Å². The molecule has 1 aliphatic heterocycles. The van der Waals surface area contributed by atoms with Crippen LogP contribution in [0.3, 0.4) is 0 Å². The molecule has 1 aliphatic rings. The molecule has 174 valence electrons. The molecule has 4 aromatic rings. The van der Waals surface area contributed by atoms with Crippen LogP contribution in [0.5, 0.6) is 17.2 Å². The molecule has 2 aromatic heterocycles. The van der Waals surface area contributed by atoms with E-state index in [-0.39, 0.29) is 6.10 Å². The zero-order valence-electron chi connectivity index (χ0n) is 19.0. The summed E-state index contributed by atoms with van der Waals surface area (Å²) in [5.41, 5.74) is 2.08. The SMILES string of the molecule is COc1ccc(-c2nnc(SCc3ccccc3Oc3cccnc3)n2CC2CCCO2)cc1. The second-order valence-corrected chi connectivity index (χ2v) is 8.91. The molecule has 1 saturated heterocycles. The standard InChI is InChI=1S/C26H26N4O3S/c1-31-21-12-10-19(11-13-21)25-28-29-26(30(25)17-23-8-5-15-32-23)34-18-20-6-2-3-9-24(20)33-22-7-4-14-27-16-22/h2-4,6-7,9-14,16,23H,5,8,15,17-18H2,1H3. The molecule has 0 saturated carbocycles. The van der Waals surface area contributed by atoms with Crippen molar-refractivity contribution in [3.8, 4) is 28.6 Å². The van der Waals surface area contributed by atoms with Crippen LogP contribution in [0.15, 0.2) is 78.2 Å². The lowest BCUT2D eigenvalue weighted by atomic mass is 10.2. The Labute approximate surface area is 203 Å². The molecule has 2 aromatic carbocycles. The lowest BCUT2D eigenvalue weighted by molar-refractivity contribution is 0.0953. The second-order valence-electron chi connectivity index (χ2n) is 7.97. The highest BCUT2D eigenvalue weighted by Crippen LogP contribution is 2.32. The van der Waals surface area contributed by atoms with E-state index in [0.29, 0.717) is 11.5 Å². The van der Waals surface area contributed by atoms with Gasteiger partial charge in [0.2, 0.25) is 0 Å². The van der Waals surface area contributed by atoms with Gasteiger partial charge in [-0.1, -0.05) is 30.0 Å². The van der Waals surface area contributed by atoms with Crippen molar-refractivity contribution in [1.82, 2.24) is 19.7 Å². The number of pyridine rings is 1. The van der Waals surface area contributed by atoms with Gasteiger partial charge in [0.1, 0.15) is 17.2 Å². The molecule has 0 amide bonds. The average Bonchev–Trinajstić information content (AvgIpc) is 3.55. The molecule has 0 bridgehead atoms. The topological polar surface area (TPSA) is 71.3 Å². The number of thioether (sulfide) groups is 1. The monoisotopic (exact) mass is 474 g/mol. The van der Waals surface area contributed by atoms with Crippen LogP contribution >= 0.6 is 11.8 Å². The molecule has 0 aliphatic carbocycles. The van der Waals surface area contributed by atoms with Gasteiger partial charge in [-0.25, -0.2) is 0 Å². The molecule has 34 heavy (non-hydrogen) atoms. The summed E-state index contributed by atoms with van der Waals surface area (Å²) in [5.74, 6) is 3.86. The number of hydrogen-bond acceptors (Lipinski definition) is 7. The molecule has 3 heterocycles. The van der Waals surface area contributed by atoms with Gasteiger partial charge >= 0.3 is 0 Å². The number of nitrogens with zero attached hydrogens (tertiary/aromatic N) is 4. The lowest BCUT2D eigenvalue weighted by Crippen LogP contribution is -2.16. The molecular weight excluding hydrogens is 448 g/mol. The van der Waals surface area contributed by atoms with Crippen LogP contribution in [-0.4, -0.2) is 39.6 Å². The van der Waals surface area contributed by atoms with E-state index in [1.807, 2.05) is 54.6 Å². The number of aromatic nitrogens is 4. The number of rotatable bonds is 9. The normalized spacial score (nSPS) is 15.4. The Morgan fingerprint density at radius 2 is 1.91 bits per heavy atom. The third-order valence-electron chi connectivity index (χ3n) is 5.67. The maximum absolute atomic E-state index is 6.08. The summed E-state index contributed by atoms with van der Waals surface area (Å²) < 4.78 is 19.5. The van der Waals surface area contributed by atoms with Gasteiger partial charge in [0.05, 0.1) is 26.0 Å². The van der Waals surface area contributed by atoms with E-state index in [2.05, 4.69) is 25.8 Å². The molecule has 8 heteroatoms. The van der Waals surface area contributed by atoms with E-state index >= 15 is 0 Å². The Morgan fingerprint density at radius 3 is 2.68 bits per heavy atom. The number of hydrogen-bond donors (Lipinski definition) is 0. The summed E-state index contributed by atoms with van der Waals surface area (Å²) >= 11 is 1.64. The third kappa shape index (κ3) is 5.24. The highest BCUT2D eigenvalue weighted by molar-refractivity contribution is 7.98. The number of ether oxygens (including phenoxy) is 3. The van der Waals surface area contributed by atoms with E-state index in [4.69, 9.17) is 14.2 Å². The molecular formula is C26H26N4O3S.